The van der Waals surface area contributed by atoms with Gasteiger partial charge in [-0.15, -0.1) is 0 Å². The van der Waals surface area contributed by atoms with Gasteiger partial charge in [-0.1, -0.05) is 36.7 Å². The summed E-state index contributed by atoms with van der Waals surface area (Å²) >= 11 is 3.46. The summed E-state index contributed by atoms with van der Waals surface area (Å²) in [7, 11) is 1.63. The lowest BCUT2D eigenvalue weighted by Gasteiger charge is -2.24. The number of benzene rings is 1. The average Bonchev–Trinajstić information content (AvgIpc) is 2.24. The minimum atomic E-state index is -0.0330. The van der Waals surface area contributed by atoms with Gasteiger partial charge in [0.2, 0.25) is 6.08 Å². The molecule has 17 heavy (non-hydrogen) atoms. The number of halogens is 1. The second-order valence-electron chi connectivity index (χ2n) is 4.80. The summed E-state index contributed by atoms with van der Waals surface area (Å²) in [6.07, 6.45) is 1.55. The highest BCUT2D eigenvalue weighted by atomic mass is 79.9. The van der Waals surface area contributed by atoms with Gasteiger partial charge in [0.05, 0.1) is 13.7 Å². The zero-order chi connectivity index (χ0) is 13.1. The Labute approximate surface area is 110 Å². The molecule has 0 aliphatic rings. The van der Waals surface area contributed by atoms with E-state index in [0.29, 0.717) is 0 Å². The Morgan fingerprint density at radius 1 is 1.41 bits per heavy atom. The number of carbonyl (C=O) groups excluding carboxylic acids is 1. The summed E-state index contributed by atoms with van der Waals surface area (Å²) in [5.41, 5.74) is 1.94. The van der Waals surface area contributed by atoms with Crippen molar-refractivity contribution in [2.75, 3.05) is 7.11 Å². The second kappa shape index (κ2) is 5.48. The molecule has 0 spiro atoms. The predicted molar refractivity (Wildman–Crippen MR) is 71.2 cm³/mol. The second-order valence-corrected chi connectivity index (χ2v) is 5.72. The third-order valence-electron chi connectivity index (χ3n) is 2.46. The third-order valence-corrected chi connectivity index (χ3v) is 2.91. The molecule has 3 nitrogen and oxygen atoms in total. The van der Waals surface area contributed by atoms with Crippen LogP contribution in [0.2, 0.25) is 0 Å². The lowest BCUT2D eigenvalue weighted by molar-refractivity contribution is 0.392. The van der Waals surface area contributed by atoms with Crippen molar-refractivity contribution in [2.45, 2.75) is 32.7 Å². The molecule has 0 bridgehead atoms. The van der Waals surface area contributed by atoms with Gasteiger partial charge in [0.1, 0.15) is 5.75 Å². The zero-order valence-electron chi connectivity index (χ0n) is 10.5. The standard InChI is InChI=1S/C13H16BrNO2/c1-13(2,3)11-6-10(14)5-9(7-15-8-16)12(11)17-4/h5-6H,7H2,1-4H3. The smallest absolute Gasteiger partial charge is 0.235 e. The lowest BCUT2D eigenvalue weighted by Crippen LogP contribution is -2.14. The predicted octanol–water partition coefficient (Wildman–Crippen LogP) is 3.59. The van der Waals surface area contributed by atoms with Crippen LogP contribution >= 0.6 is 15.9 Å². The van der Waals surface area contributed by atoms with Gasteiger partial charge >= 0.3 is 0 Å². The van der Waals surface area contributed by atoms with Crippen molar-refractivity contribution in [3.05, 3.63) is 27.7 Å². The highest BCUT2D eigenvalue weighted by Gasteiger charge is 2.21. The Bertz CT molecular complexity index is 457. The molecule has 1 rings (SSSR count). The van der Waals surface area contributed by atoms with Gasteiger partial charge in [0, 0.05) is 15.6 Å². The Morgan fingerprint density at radius 3 is 2.53 bits per heavy atom. The Balaban J connectivity index is 3.40. The van der Waals surface area contributed by atoms with Crippen LogP contribution in [-0.2, 0) is 16.8 Å². The molecule has 0 saturated carbocycles. The van der Waals surface area contributed by atoms with E-state index < -0.39 is 0 Å². The van der Waals surface area contributed by atoms with Gasteiger partial charge in [-0.25, -0.2) is 9.79 Å². The summed E-state index contributed by atoms with van der Waals surface area (Å²) in [5, 5.41) is 0. The van der Waals surface area contributed by atoms with Crippen LogP contribution in [0.25, 0.3) is 0 Å². The Kier molecular flexibility index (Phi) is 4.49. The molecule has 0 atom stereocenters. The molecule has 0 fully saturated rings. The highest BCUT2D eigenvalue weighted by molar-refractivity contribution is 9.10. The molecule has 0 aromatic heterocycles. The third kappa shape index (κ3) is 3.42. The number of isocyanates is 1. The van der Waals surface area contributed by atoms with Crippen molar-refractivity contribution in [3.8, 4) is 5.75 Å². The number of ether oxygens (including phenoxy) is 1. The summed E-state index contributed by atoms with van der Waals surface area (Å²) in [4.78, 5) is 13.8. The number of methoxy groups -OCH3 is 1. The minimum Gasteiger partial charge on any atom is -0.496 e. The van der Waals surface area contributed by atoms with Crippen LogP contribution in [-0.4, -0.2) is 13.2 Å². The van der Waals surface area contributed by atoms with Crippen molar-refractivity contribution in [2.24, 2.45) is 4.99 Å². The molecule has 1 aromatic carbocycles. The summed E-state index contributed by atoms with van der Waals surface area (Å²) in [6, 6.07) is 3.95. The fourth-order valence-corrected chi connectivity index (χ4v) is 2.19. The molecular weight excluding hydrogens is 282 g/mol. The van der Waals surface area contributed by atoms with Crippen molar-refractivity contribution >= 4 is 22.0 Å². The van der Waals surface area contributed by atoms with Gasteiger partial charge in [-0.05, 0) is 17.5 Å². The molecule has 0 heterocycles. The van der Waals surface area contributed by atoms with Crippen molar-refractivity contribution in [1.29, 1.82) is 0 Å². The van der Waals surface area contributed by atoms with Crippen LogP contribution in [0.3, 0.4) is 0 Å². The SMILES string of the molecule is COc1c(CN=C=O)cc(Br)cc1C(C)(C)C. The number of hydrogen-bond donors (Lipinski definition) is 0. The molecule has 92 valence electrons. The van der Waals surface area contributed by atoms with E-state index in [1.807, 2.05) is 12.1 Å². The van der Waals surface area contributed by atoms with E-state index in [1.165, 1.54) is 0 Å². The van der Waals surface area contributed by atoms with Gasteiger partial charge < -0.3 is 4.74 Å². The van der Waals surface area contributed by atoms with E-state index in [0.717, 1.165) is 21.3 Å². The number of nitrogens with zero attached hydrogens (tertiary/aromatic N) is 1. The summed E-state index contributed by atoms with van der Waals surface area (Å²) in [6.45, 7) is 6.63. The van der Waals surface area contributed by atoms with Crippen LogP contribution < -0.4 is 4.74 Å². The number of hydrogen-bond acceptors (Lipinski definition) is 3. The molecule has 0 saturated heterocycles. The quantitative estimate of drug-likeness (QED) is 0.632. The van der Waals surface area contributed by atoms with E-state index in [2.05, 4.69) is 41.7 Å². The van der Waals surface area contributed by atoms with Gasteiger partial charge in [0.25, 0.3) is 0 Å². The fourth-order valence-electron chi connectivity index (χ4n) is 1.68. The average molecular weight is 298 g/mol. The summed E-state index contributed by atoms with van der Waals surface area (Å²) in [5.74, 6) is 0.791. The van der Waals surface area contributed by atoms with E-state index >= 15 is 0 Å². The first kappa shape index (κ1) is 13.9. The molecule has 0 amide bonds. The van der Waals surface area contributed by atoms with Crippen LogP contribution in [0, 0.1) is 0 Å². The van der Waals surface area contributed by atoms with Crippen molar-refractivity contribution < 1.29 is 9.53 Å². The van der Waals surface area contributed by atoms with Crippen LogP contribution in [0.5, 0.6) is 5.75 Å². The molecule has 0 aliphatic heterocycles. The first-order valence-electron chi connectivity index (χ1n) is 5.30. The minimum absolute atomic E-state index is 0.0330. The van der Waals surface area contributed by atoms with Gasteiger partial charge in [-0.3, -0.25) is 0 Å². The Morgan fingerprint density at radius 2 is 2.06 bits per heavy atom. The fraction of sp³-hybridized carbons (Fsp3) is 0.462. The molecular formula is C13H16BrNO2. The zero-order valence-corrected chi connectivity index (χ0v) is 12.1. The van der Waals surface area contributed by atoms with Crippen LogP contribution in [0.4, 0.5) is 0 Å². The molecule has 0 radical (unpaired) electrons. The van der Waals surface area contributed by atoms with E-state index in [1.54, 1.807) is 13.2 Å². The largest absolute Gasteiger partial charge is 0.496 e. The maximum absolute atomic E-state index is 10.2. The molecule has 0 N–H and O–H groups in total. The normalized spacial score (nSPS) is 10.9. The topological polar surface area (TPSA) is 38.7 Å². The monoisotopic (exact) mass is 297 g/mol. The van der Waals surface area contributed by atoms with Crippen LogP contribution in [0.1, 0.15) is 31.9 Å². The molecule has 1 aromatic rings. The van der Waals surface area contributed by atoms with Crippen molar-refractivity contribution in [1.82, 2.24) is 0 Å². The van der Waals surface area contributed by atoms with Crippen LogP contribution in [0.15, 0.2) is 21.6 Å². The first-order valence-corrected chi connectivity index (χ1v) is 6.10. The number of aliphatic imine (C=N–C) groups is 1. The van der Waals surface area contributed by atoms with E-state index in [9.17, 15) is 4.79 Å². The van der Waals surface area contributed by atoms with Gasteiger partial charge in [0.15, 0.2) is 0 Å². The van der Waals surface area contributed by atoms with E-state index in [-0.39, 0.29) is 12.0 Å². The number of rotatable bonds is 3. The van der Waals surface area contributed by atoms with Crippen molar-refractivity contribution in [3.63, 3.8) is 0 Å². The summed E-state index contributed by atoms with van der Waals surface area (Å²) < 4.78 is 6.40. The first-order chi connectivity index (χ1) is 7.90. The Hall–Kier alpha value is -1.12. The molecule has 0 unspecified atom stereocenters. The lowest BCUT2D eigenvalue weighted by atomic mass is 9.85. The van der Waals surface area contributed by atoms with E-state index in [4.69, 9.17) is 4.74 Å². The van der Waals surface area contributed by atoms with Gasteiger partial charge in [-0.2, -0.15) is 0 Å². The maximum atomic E-state index is 10.2. The molecule has 0 aliphatic carbocycles. The maximum Gasteiger partial charge on any atom is 0.235 e. The highest BCUT2D eigenvalue weighted by Crippen LogP contribution is 2.36. The molecule has 4 heteroatoms.